The molecule has 0 aliphatic carbocycles. The van der Waals surface area contributed by atoms with E-state index in [2.05, 4.69) is 18.2 Å². The molecule has 1 rings (SSSR count). The van der Waals surface area contributed by atoms with Crippen molar-refractivity contribution in [2.75, 3.05) is 0 Å². The summed E-state index contributed by atoms with van der Waals surface area (Å²) in [6.07, 6.45) is 6.30. The number of rotatable bonds is 6. The van der Waals surface area contributed by atoms with Crippen LogP contribution >= 0.6 is 0 Å². The maximum atomic E-state index is 11.3. The van der Waals surface area contributed by atoms with Crippen molar-refractivity contribution in [1.29, 1.82) is 0 Å². The van der Waals surface area contributed by atoms with Crippen LogP contribution in [0.2, 0.25) is 0 Å². The summed E-state index contributed by atoms with van der Waals surface area (Å²) >= 11 is 0. The lowest BCUT2D eigenvalue weighted by atomic mass is 9.87. The third-order valence-corrected chi connectivity index (χ3v) is 2.86. The lowest BCUT2D eigenvalue weighted by Crippen LogP contribution is -2.17. The number of unbranched alkanes of at least 4 members (excludes halogenated alkanes) is 2. The van der Waals surface area contributed by atoms with E-state index < -0.39 is 5.97 Å². The number of ether oxygens (including phenoxy) is 1. The van der Waals surface area contributed by atoms with E-state index in [9.17, 15) is 9.59 Å². The average Bonchev–Trinajstić information content (AvgIpc) is 2.53. The Bertz CT molecular complexity index is 258. The Kier molecular flexibility index (Phi) is 4.53. The van der Waals surface area contributed by atoms with Gasteiger partial charge in [-0.15, -0.1) is 6.58 Å². The van der Waals surface area contributed by atoms with Crippen molar-refractivity contribution in [3.63, 3.8) is 0 Å². The summed E-state index contributed by atoms with van der Waals surface area (Å²) in [5.41, 5.74) is 0. The smallest absolute Gasteiger partial charge is 0.317 e. The van der Waals surface area contributed by atoms with Gasteiger partial charge in [0.2, 0.25) is 0 Å². The molecule has 84 valence electrons. The van der Waals surface area contributed by atoms with Gasteiger partial charge in [0.15, 0.2) is 0 Å². The summed E-state index contributed by atoms with van der Waals surface area (Å²) in [7, 11) is 0. The molecule has 0 N–H and O–H groups in total. The summed E-state index contributed by atoms with van der Waals surface area (Å²) < 4.78 is 4.54. The molecule has 0 bridgehead atoms. The molecule has 3 heteroatoms. The van der Waals surface area contributed by atoms with Gasteiger partial charge >= 0.3 is 11.9 Å². The van der Waals surface area contributed by atoms with Crippen molar-refractivity contribution in [3.8, 4) is 0 Å². The van der Waals surface area contributed by atoms with Gasteiger partial charge in [0.1, 0.15) is 0 Å². The van der Waals surface area contributed by atoms with E-state index in [1.54, 1.807) is 6.08 Å². The first-order chi connectivity index (χ1) is 7.19. The van der Waals surface area contributed by atoms with E-state index in [1.807, 2.05) is 0 Å². The molecule has 1 heterocycles. The van der Waals surface area contributed by atoms with Crippen LogP contribution in [0.1, 0.15) is 39.0 Å². The van der Waals surface area contributed by atoms with E-state index in [0.29, 0.717) is 0 Å². The molecular weight excluding hydrogens is 192 g/mol. The van der Waals surface area contributed by atoms with Gasteiger partial charge in [-0.05, 0) is 12.3 Å². The highest BCUT2D eigenvalue weighted by Gasteiger charge is 2.37. The highest BCUT2D eigenvalue weighted by Crippen LogP contribution is 2.29. The fourth-order valence-electron chi connectivity index (χ4n) is 1.93. The minimum Gasteiger partial charge on any atom is -0.393 e. The van der Waals surface area contributed by atoms with Gasteiger partial charge in [0, 0.05) is 0 Å². The average molecular weight is 210 g/mol. The third-order valence-electron chi connectivity index (χ3n) is 2.86. The second kappa shape index (κ2) is 5.69. The Balaban J connectivity index is 2.47. The van der Waals surface area contributed by atoms with E-state index in [0.717, 1.165) is 25.7 Å². The van der Waals surface area contributed by atoms with E-state index in [1.165, 1.54) is 0 Å². The number of cyclic esters (lactones) is 2. The van der Waals surface area contributed by atoms with Crippen LogP contribution in [0.4, 0.5) is 0 Å². The molecule has 0 saturated carbocycles. The highest BCUT2D eigenvalue weighted by atomic mass is 16.6. The molecule has 0 aromatic rings. The van der Waals surface area contributed by atoms with Crippen LogP contribution < -0.4 is 0 Å². The van der Waals surface area contributed by atoms with Crippen LogP contribution in [0, 0.1) is 11.8 Å². The van der Waals surface area contributed by atoms with Crippen molar-refractivity contribution >= 4 is 11.9 Å². The Hall–Kier alpha value is -1.12. The zero-order chi connectivity index (χ0) is 11.3. The van der Waals surface area contributed by atoms with Crippen LogP contribution in [0.25, 0.3) is 0 Å². The minimum atomic E-state index is -0.396. The fraction of sp³-hybridized carbons (Fsp3) is 0.667. The number of carbonyl (C=O) groups excluding carboxylic acids is 2. The summed E-state index contributed by atoms with van der Waals surface area (Å²) in [6.45, 7) is 5.86. The molecule has 0 spiro atoms. The minimum absolute atomic E-state index is 0.0931. The monoisotopic (exact) mass is 210 g/mol. The zero-order valence-electron chi connectivity index (χ0n) is 9.20. The van der Waals surface area contributed by atoms with Crippen molar-refractivity contribution in [2.24, 2.45) is 11.8 Å². The van der Waals surface area contributed by atoms with Crippen molar-refractivity contribution in [3.05, 3.63) is 12.7 Å². The molecule has 0 amide bonds. The van der Waals surface area contributed by atoms with Crippen molar-refractivity contribution < 1.29 is 14.3 Å². The predicted molar refractivity (Wildman–Crippen MR) is 57.0 cm³/mol. The number of allylic oxidation sites excluding steroid dienone is 1. The van der Waals surface area contributed by atoms with Gasteiger partial charge in [-0.2, -0.15) is 0 Å². The second-order valence-electron chi connectivity index (χ2n) is 4.00. The lowest BCUT2D eigenvalue weighted by Gasteiger charge is -2.15. The quantitative estimate of drug-likeness (QED) is 0.293. The molecule has 2 atom stereocenters. The van der Waals surface area contributed by atoms with Gasteiger partial charge < -0.3 is 4.74 Å². The molecule has 0 aromatic carbocycles. The fourth-order valence-corrected chi connectivity index (χ4v) is 1.93. The van der Waals surface area contributed by atoms with Gasteiger partial charge in [0.25, 0.3) is 0 Å². The summed E-state index contributed by atoms with van der Waals surface area (Å²) in [5.74, 6) is -0.962. The second-order valence-corrected chi connectivity index (χ2v) is 4.00. The summed E-state index contributed by atoms with van der Waals surface area (Å²) in [5, 5.41) is 0. The van der Waals surface area contributed by atoms with Crippen LogP contribution in [-0.2, 0) is 14.3 Å². The molecule has 3 nitrogen and oxygen atoms in total. The van der Waals surface area contributed by atoms with Gasteiger partial charge in [0.05, 0.1) is 12.3 Å². The lowest BCUT2D eigenvalue weighted by molar-refractivity contribution is -0.153. The van der Waals surface area contributed by atoms with E-state index in [-0.39, 0.29) is 24.2 Å². The summed E-state index contributed by atoms with van der Waals surface area (Å²) in [6, 6.07) is 0. The number of hydrogen-bond acceptors (Lipinski definition) is 3. The molecule has 0 radical (unpaired) electrons. The molecule has 15 heavy (non-hydrogen) atoms. The molecule has 1 fully saturated rings. The van der Waals surface area contributed by atoms with Gasteiger partial charge in [-0.1, -0.05) is 32.3 Å². The third kappa shape index (κ3) is 3.18. The van der Waals surface area contributed by atoms with Crippen molar-refractivity contribution in [2.45, 2.75) is 39.0 Å². The molecular formula is C12H18O3. The Labute approximate surface area is 90.5 Å². The Morgan fingerprint density at radius 1 is 1.53 bits per heavy atom. The summed E-state index contributed by atoms with van der Waals surface area (Å²) in [4.78, 5) is 22.3. The predicted octanol–water partition coefficient (Wildman–Crippen LogP) is 2.46. The first-order valence-electron chi connectivity index (χ1n) is 5.56. The molecule has 0 unspecified atom stereocenters. The van der Waals surface area contributed by atoms with Gasteiger partial charge in [-0.25, -0.2) is 0 Å². The largest absolute Gasteiger partial charge is 0.393 e. The van der Waals surface area contributed by atoms with E-state index in [4.69, 9.17) is 0 Å². The molecule has 1 aliphatic rings. The number of carbonyl (C=O) groups is 2. The van der Waals surface area contributed by atoms with Gasteiger partial charge in [-0.3, -0.25) is 9.59 Å². The Morgan fingerprint density at radius 2 is 2.27 bits per heavy atom. The zero-order valence-corrected chi connectivity index (χ0v) is 9.20. The number of esters is 2. The van der Waals surface area contributed by atoms with Crippen molar-refractivity contribution in [1.82, 2.24) is 0 Å². The maximum absolute atomic E-state index is 11.3. The van der Waals surface area contributed by atoms with Crippen LogP contribution in [0.15, 0.2) is 12.7 Å². The topological polar surface area (TPSA) is 43.4 Å². The standard InChI is InChI=1S/C12H18O3/c1-3-5-6-7-9(4-2)10-8-11(13)15-12(10)14/h4,9-10H,2-3,5-8H2,1H3/t9-,10+/m1/s1. The highest BCUT2D eigenvalue weighted by molar-refractivity contribution is 5.94. The van der Waals surface area contributed by atoms with E-state index >= 15 is 0 Å². The molecule has 0 aromatic heterocycles. The first kappa shape index (κ1) is 12.0. The Morgan fingerprint density at radius 3 is 2.73 bits per heavy atom. The first-order valence-corrected chi connectivity index (χ1v) is 5.56. The normalized spacial score (nSPS) is 22.6. The van der Waals surface area contributed by atoms with Crippen LogP contribution in [0.3, 0.4) is 0 Å². The van der Waals surface area contributed by atoms with Crippen LogP contribution in [-0.4, -0.2) is 11.9 Å². The molecule has 1 saturated heterocycles. The maximum Gasteiger partial charge on any atom is 0.317 e. The molecule has 1 aliphatic heterocycles. The van der Waals surface area contributed by atoms with Crippen LogP contribution in [0.5, 0.6) is 0 Å². The SMILES string of the molecule is C=C[C@H](CCCCC)[C@@H]1CC(=O)OC1=O. The number of hydrogen-bond donors (Lipinski definition) is 0.